The zero-order chi connectivity index (χ0) is 22.1. The van der Waals surface area contributed by atoms with Crippen molar-refractivity contribution in [2.45, 2.75) is 34.6 Å². The van der Waals surface area contributed by atoms with Crippen LogP contribution in [0.4, 0.5) is 5.69 Å². The van der Waals surface area contributed by atoms with Crippen LogP contribution in [0.2, 0.25) is 0 Å². The smallest absolute Gasteiger partial charge is 0.259 e. The van der Waals surface area contributed by atoms with E-state index in [9.17, 15) is 4.79 Å². The van der Waals surface area contributed by atoms with Crippen LogP contribution in [0.5, 0.6) is 11.6 Å². The number of benzene rings is 1. The number of nitrogens with one attached hydrogen (secondary N) is 1. The number of hydrogen-bond donors (Lipinski definition) is 1. The Kier molecular flexibility index (Phi) is 5.29. The number of carbonyl (C=O) groups is 1. The topological polar surface area (TPSA) is 95.1 Å². The lowest BCUT2D eigenvalue weighted by Gasteiger charge is -2.10. The van der Waals surface area contributed by atoms with Gasteiger partial charge in [-0.05, 0) is 71.0 Å². The largest absolute Gasteiger partial charge is 0.466 e. The number of anilines is 1. The maximum Gasteiger partial charge on any atom is 0.259 e. The van der Waals surface area contributed by atoms with Gasteiger partial charge in [-0.1, -0.05) is 0 Å². The first-order valence-corrected chi connectivity index (χ1v) is 9.84. The van der Waals surface area contributed by atoms with E-state index in [1.165, 1.54) is 0 Å². The Morgan fingerprint density at radius 3 is 2.35 bits per heavy atom. The van der Waals surface area contributed by atoms with Crippen LogP contribution >= 0.6 is 0 Å². The summed E-state index contributed by atoms with van der Waals surface area (Å²) in [6.45, 7) is 9.29. The Balaban J connectivity index is 1.50. The van der Waals surface area contributed by atoms with Crippen molar-refractivity contribution in [3.8, 4) is 17.4 Å². The molecule has 0 saturated heterocycles. The van der Waals surface area contributed by atoms with Gasteiger partial charge in [0.15, 0.2) is 5.82 Å². The van der Waals surface area contributed by atoms with E-state index in [0.29, 0.717) is 46.0 Å². The molecular weight excluding hydrogens is 394 g/mol. The molecule has 0 aliphatic heterocycles. The molecule has 3 heterocycles. The van der Waals surface area contributed by atoms with Crippen molar-refractivity contribution in [1.82, 2.24) is 19.7 Å². The first kappa shape index (κ1) is 20.3. The second-order valence-corrected chi connectivity index (χ2v) is 7.36. The lowest BCUT2D eigenvalue weighted by atomic mass is 10.2. The second-order valence-electron chi connectivity index (χ2n) is 7.36. The molecule has 8 nitrogen and oxygen atoms in total. The number of rotatable bonds is 5. The maximum absolute atomic E-state index is 12.4. The number of furan rings is 1. The van der Waals surface area contributed by atoms with Crippen LogP contribution < -0.4 is 10.1 Å². The van der Waals surface area contributed by atoms with Crippen molar-refractivity contribution < 1.29 is 13.9 Å². The predicted molar refractivity (Wildman–Crippen MR) is 116 cm³/mol. The summed E-state index contributed by atoms with van der Waals surface area (Å²) in [6, 6.07) is 12.5. The Hall–Kier alpha value is -3.94. The minimum atomic E-state index is -0.219. The van der Waals surface area contributed by atoms with Gasteiger partial charge >= 0.3 is 0 Å². The first-order chi connectivity index (χ1) is 14.8. The fourth-order valence-electron chi connectivity index (χ4n) is 3.33. The average molecular weight is 417 g/mol. The Labute approximate surface area is 179 Å². The number of carbonyl (C=O) groups excluding carboxylic acids is 1. The van der Waals surface area contributed by atoms with Crippen molar-refractivity contribution in [3.05, 3.63) is 76.8 Å². The van der Waals surface area contributed by atoms with Gasteiger partial charge < -0.3 is 14.5 Å². The fraction of sp³-hybridized carbons (Fsp3) is 0.217. The van der Waals surface area contributed by atoms with Gasteiger partial charge in [0.1, 0.15) is 23.1 Å². The molecule has 31 heavy (non-hydrogen) atoms. The Bertz CT molecular complexity index is 1250. The third-order valence-electron chi connectivity index (χ3n) is 4.65. The molecule has 0 radical (unpaired) electrons. The van der Waals surface area contributed by atoms with Gasteiger partial charge in [0, 0.05) is 17.4 Å². The van der Waals surface area contributed by atoms with E-state index >= 15 is 0 Å². The Morgan fingerprint density at radius 2 is 1.74 bits per heavy atom. The molecule has 0 unspecified atom stereocenters. The molecule has 0 spiro atoms. The highest BCUT2D eigenvalue weighted by atomic mass is 16.5. The van der Waals surface area contributed by atoms with Crippen LogP contribution in [0.25, 0.3) is 5.82 Å². The van der Waals surface area contributed by atoms with Crippen molar-refractivity contribution in [3.63, 3.8) is 0 Å². The van der Waals surface area contributed by atoms with E-state index in [2.05, 4.69) is 20.4 Å². The Morgan fingerprint density at radius 1 is 1.00 bits per heavy atom. The zero-order valence-electron chi connectivity index (χ0n) is 18.1. The molecule has 158 valence electrons. The highest BCUT2D eigenvalue weighted by Crippen LogP contribution is 2.24. The molecule has 1 aromatic carbocycles. The summed E-state index contributed by atoms with van der Waals surface area (Å²) < 4.78 is 13.1. The SMILES string of the molecule is Cc1cc(C)n(-c2cc(Oc3ccc(NC(=O)c4cc(C)oc4C)cc3)nc(C)n2)n1. The summed E-state index contributed by atoms with van der Waals surface area (Å²) >= 11 is 0. The van der Waals surface area contributed by atoms with Gasteiger partial charge in [-0.2, -0.15) is 10.1 Å². The summed E-state index contributed by atoms with van der Waals surface area (Å²) in [4.78, 5) is 21.3. The average Bonchev–Trinajstić information content (AvgIpc) is 3.22. The van der Waals surface area contributed by atoms with Gasteiger partial charge in [-0.15, -0.1) is 0 Å². The number of ether oxygens (including phenoxy) is 1. The van der Waals surface area contributed by atoms with Gasteiger partial charge in [0.05, 0.1) is 11.3 Å². The molecule has 4 aromatic rings. The second kappa shape index (κ2) is 8.06. The lowest BCUT2D eigenvalue weighted by molar-refractivity contribution is 0.102. The first-order valence-electron chi connectivity index (χ1n) is 9.84. The highest BCUT2D eigenvalue weighted by Gasteiger charge is 2.14. The van der Waals surface area contributed by atoms with Gasteiger partial charge in [0.25, 0.3) is 5.91 Å². The standard InChI is InChI=1S/C23H23N5O3/c1-13-10-14(2)28(27-13)21-12-22(25-17(5)24-21)31-19-8-6-18(7-9-19)26-23(29)20-11-15(3)30-16(20)4/h6-12H,1-5H3,(H,26,29). The van der Waals surface area contributed by atoms with Crippen LogP contribution in [-0.4, -0.2) is 25.7 Å². The molecular formula is C23H23N5O3. The summed E-state index contributed by atoms with van der Waals surface area (Å²) in [5.41, 5.74) is 3.06. The monoisotopic (exact) mass is 417 g/mol. The number of nitrogens with zero attached hydrogens (tertiary/aromatic N) is 4. The van der Waals surface area contributed by atoms with Crippen molar-refractivity contribution in [2.75, 3.05) is 5.32 Å². The van der Waals surface area contributed by atoms with Crippen LogP contribution in [0, 0.1) is 34.6 Å². The van der Waals surface area contributed by atoms with E-state index in [-0.39, 0.29) is 5.91 Å². The summed E-state index contributed by atoms with van der Waals surface area (Å²) in [5, 5.41) is 7.33. The minimum Gasteiger partial charge on any atom is -0.466 e. The van der Waals surface area contributed by atoms with Crippen molar-refractivity contribution in [2.24, 2.45) is 0 Å². The summed E-state index contributed by atoms with van der Waals surface area (Å²) in [7, 11) is 0. The number of amides is 1. The van der Waals surface area contributed by atoms with Gasteiger partial charge in [-0.25, -0.2) is 9.67 Å². The zero-order valence-corrected chi connectivity index (χ0v) is 18.1. The van der Waals surface area contributed by atoms with E-state index in [1.807, 2.05) is 26.8 Å². The number of aromatic nitrogens is 4. The minimum absolute atomic E-state index is 0.219. The van der Waals surface area contributed by atoms with Crippen LogP contribution in [0.15, 0.2) is 46.9 Å². The molecule has 0 saturated carbocycles. The van der Waals surface area contributed by atoms with Crippen LogP contribution in [0.3, 0.4) is 0 Å². The summed E-state index contributed by atoms with van der Waals surface area (Å²) in [5.74, 6) is 3.29. The van der Waals surface area contributed by atoms with E-state index in [4.69, 9.17) is 9.15 Å². The number of aryl methyl sites for hydroxylation is 5. The molecule has 0 fully saturated rings. The van der Waals surface area contributed by atoms with E-state index in [1.54, 1.807) is 54.9 Å². The molecule has 4 rings (SSSR count). The molecule has 0 atom stereocenters. The van der Waals surface area contributed by atoms with Crippen LogP contribution in [0.1, 0.15) is 39.1 Å². The van der Waals surface area contributed by atoms with Crippen LogP contribution in [-0.2, 0) is 0 Å². The third kappa shape index (κ3) is 4.48. The normalized spacial score (nSPS) is 10.9. The molecule has 1 N–H and O–H groups in total. The molecule has 0 aliphatic rings. The van der Waals surface area contributed by atoms with Crippen molar-refractivity contribution in [1.29, 1.82) is 0 Å². The lowest BCUT2D eigenvalue weighted by Crippen LogP contribution is -2.11. The summed E-state index contributed by atoms with van der Waals surface area (Å²) in [6.07, 6.45) is 0. The molecule has 8 heteroatoms. The molecule has 0 aliphatic carbocycles. The van der Waals surface area contributed by atoms with Gasteiger partial charge in [0.2, 0.25) is 5.88 Å². The molecule has 1 amide bonds. The van der Waals surface area contributed by atoms with E-state index in [0.717, 1.165) is 11.4 Å². The highest BCUT2D eigenvalue weighted by molar-refractivity contribution is 6.05. The predicted octanol–water partition coefficient (Wildman–Crippen LogP) is 4.84. The molecule has 3 aromatic heterocycles. The van der Waals surface area contributed by atoms with E-state index < -0.39 is 0 Å². The number of hydrogen-bond acceptors (Lipinski definition) is 6. The van der Waals surface area contributed by atoms with Crippen molar-refractivity contribution >= 4 is 11.6 Å². The quantitative estimate of drug-likeness (QED) is 0.499. The van der Waals surface area contributed by atoms with Gasteiger partial charge in [-0.3, -0.25) is 4.79 Å². The maximum atomic E-state index is 12.4. The fourth-order valence-corrected chi connectivity index (χ4v) is 3.33. The third-order valence-corrected chi connectivity index (χ3v) is 4.65. The molecule has 0 bridgehead atoms.